The zero-order valence-electron chi connectivity index (χ0n) is 18.2. The van der Waals surface area contributed by atoms with E-state index in [2.05, 4.69) is 26.1 Å². The molecular formula is C22H21ClN6O5. The molecule has 0 saturated carbocycles. The van der Waals surface area contributed by atoms with Crippen molar-refractivity contribution in [1.29, 1.82) is 0 Å². The average molecular weight is 485 g/mol. The summed E-state index contributed by atoms with van der Waals surface area (Å²) in [7, 11) is 0. The third kappa shape index (κ3) is 6.17. The minimum atomic E-state index is -0.691. The molecule has 3 aromatic rings. The third-order valence-electron chi connectivity index (χ3n) is 4.35. The second kappa shape index (κ2) is 11.1. The molecule has 0 bridgehead atoms. The maximum Gasteiger partial charge on any atom is 0.355 e. The van der Waals surface area contributed by atoms with Crippen molar-refractivity contribution >= 4 is 46.5 Å². The fourth-order valence-corrected chi connectivity index (χ4v) is 2.94. The molecule has 3 rings (SSSR count). The Bertz CT molecular complexity index is 1200. The molecule has 1 heterocycles. The number of aromatic nitrogens is 2. The molecule has 0 fully saturated rings. The number of carbonyl (C=O) groups is 2. The molecule has 0 aliphatic carbocycles. The van der Waals surface area contributed by atoms with Crippen molar-refractivity contribution in [3.8, 4) is 0 Å². The summed E-state index contributed by atoms with van der Waals surface area (Å²) in [4.78, 5) is 43.2. The van der Waals surface area contributed by atoms with E-state index in [4.69, 9.17) is 16.3 Å². The molecule has 0 spiro atoms. The van der Waals surface area contributed by atoms with Crippen LogP contribution in [0.5, 0.6) is 0 Å². The van der Waals surface area contributed by atoms with Gasteiger partial charge in [-0.15, -0.1) is 0 Å². The Hall–Kier alpha value is -4.25. The summed E-state index contributed by atoms with van der Waals surface area (Å²) < 4.78 is 5.18. The van der Waals surface area contributed by atoms with Crippen LogP contribution in [0.15, 0.2) is 54.9 Å². The largest absolute Gasteiger partial charge is 0.462 e. The van der Waals surface area contributed by atoms with Gasteiger partial charge in [0.25, 0.3) is 5.91 Å². The van der Waals surface area contributed by atoms with Crippen LogP contribution in [-0.2, 0) is 4.74 Å². The molecule has 0 atom stereocenters. The highest BCUT2D eigenvalue weighted by atomic mass is 35.5. The van der Waals surface area contributed by atoms with Crippen molar-refractivity contribution in [2.24, 2.45) is 5.92 Å². The van der Waals surface area contributed by atoms with E-state index in [1.807, 2.05) is 13.8 Å². The number of nitrogens with one attached hydrogen (secondary N) is 3. The first kappa shape index (κ1) is 24.4. The summed E-state index contributed by atoms with van der Waals surface area (Å²) in [5.41, 5.74) is 5.24. The van der Waals surface area contributed by atoms with Crippen LogP contribution in [0.2, 0.25) is 5.02 Å². The number of hydrogen-bond acceptors (Lipinski definition) is 9. The number of carbonyl (C=O) groups excluding carboxylic acids is 2. The highest BCUT2D eigenvalue weighted by molar-refractivity contribution is 6.33. The van der Waals surface area contributed by atoms with Crippen LogP contribution >= 0.6 is 11.6 Å². The number of ether oxygens (including phenoxy) is 1. The fourth-order valence-electron chi connectivity index (χ4n) is 2.72. The van der Waals surface area contributed by atoms with Crippen molar-refractivity contribution in [3.63, 3.8) is 0 Å². The maximum atomic E-state index is 12.3. The maximum absolute atomic E-state index is 12.3. The fraction of sp³-hybridized carbons (Fsp3) is 0.182. The number of hydrogen-bond donors (Lipinski definition) is 3. The zero-order chi connectivity index (χ0) is 24.7. The Morgan fingerprint density at radius 1 is 1.09 bits per heavy atom. The van der Waals surface area contributed by atoms with Crippen LogP contribution in [0, 0.1) is 16.0 Å². The number of benzene rings is 2. The second-order valence-electron chi connectivity index (χ2n) is 7.43. The van der Waals surface area contributed by atoms with Gasteiger partial charge in [0.05, 0.1) is 27.7 Å². The number of esters is 1. The van der Waals surface area contributed by atoms with Crippen molar-refractivity contribution < 1.29 is 19.2 Å². The van der Waals surface area contributed by atoms with Gasteiger partial charge in [0.2, 0.25) is 11.6 Å². The van der Waals surface area contributed by atoms with Gasteiger partial charge in [-0.25, -0.2) is 14.8 Å². The van der Waals surface area contributed by atoms with Crippen molar-refractivity contribution in [1.82, 2.24) is 15.4 Å². The molecule has 0 aliphatic heterocycles. The van der Waals surface area contributed by atoms with E-state index in [-0.39, 0.29) is 28.1 Å². The highest BCUT2D eigenvalue weighted by Gasteiger charge is 2.24. The van der Waals surface area contributed by atoms with Crippen molar-refractivity contribution in [2.75, 3.05) is 17.3 Å². The minimum Gasteiger partial charge on any atom is -0.462 e. The number of amides is 1. The molecule has 0 radical (unpaired) electrons. The predicted molar refractivity (Wildman–Crippen MR) is 126 cm³/mol. The highest BCUT2D eigenvalue weighted by Crippen LogP contribution is 2.31. The minimum absolute atomic E-state index is 0.121. The molecule has 12 heteroatoms. The Morgan fingerprint density at radius 2 is 1.76 bits per heavy atom. The summed E-state index contributed by atoms with van der Waals surface area (Å²) in [5, 5.41) is 14.8. The standard InChI is InChI=1S/C22H21ClN6O5/c1-13(2)11-34-22(31)14-7-9-15(10-8-14)26-19-18(29(32)33)20(25-12-24-19)27-28-21(30)16-5-3-4-6-17(16)23/h3-10,12-13H,11H2,1-2H3,(H,28,30)(H2,24,25,26,27). The van der Waals surface area contributed by atoms with Crippen LogP contribution in [0.3, 0.4) is 0 Å². The van der Waals surface area contributed by atoms with Gasteiger partial charge in [-0.05, 0) is 42.3 Å². The first-order chi connectivity index (χ1) is 16.3. The summed E-state index contributed by atoms with van der Waals surface area (Å²) in [5.74, 6) is -1.22. The van der Waals surface area contributed by atoms with E-state index in [1.54, 1.807) is 30.3 Å². The summed E-state index contributed by atoms with van der Waals surface area (Å²) >= 11 is 6.00. The Morgan fingerprint density at radius 3 is 2.41 bits per heavy atom. The number of nitro groups is 1. The van der Waals surface area contributed by atoms with E-state index in [9.17, 15) is 19.7 Å². The monoisotopic (exact) mass is 484 g/mol. The lowest BCUT2D eigenvalue weighted by molar-refractivity contribution is -0.383. The van der Waals surface area contributed by atoms with Crippen LogP contribution in [-0.4, -0.2) is 33.4 Å². The summed E-state index contributed by atoms with van der Waals surface area (Å²) in [6.07, 6.45) is 1.09. The van der Waals surface area contributed by atoms with Crippen LogP contribution in [0.25, 0.3) is 0 Å². The third-order valence-corrected chi connectivity index (χ3v) is 4.68. The van der Waals surface area contributed by atoms with Gasteiger partial charge >= 0.3 is 11.7 Å². The van der Waals surface area contributed by atoms with Crippen molar-refractivity contribution in [2.45, 2.75) is 13.8 Å². The molecule has 2 aromatic carbocycles. The predicted octanol–water partition coefficient (Wildman–Crippen LogP) is 4.35. The number of nitrogens with zero attached hydrogens (tertiary/aromatic N) is 3. The molecular weight excluding hydrogens is 464 g/mol. The topological polar surface area (TPSA) is 148 Å². The Balaban J connectivity index is 1.75. The lowest BCUT2D eigenvalue weighted by atomic mass is 10.2. The van der Waals surface area contributed by atoms with Gasteiger partial charge < -0.3 is 10.1 Å². The van der Waals surface area contributed by atoms with E-state index in [0.717, 1.165) is 6.33 Å². The number of halogens is 1. The van der Waals surface area contributed by atoms with E-state index < -0.39 is 22.5 Å². The Labute approximate surface area is 199 Å². The quantitative estimate of drug-likeness (QED) is 0.229. The van der Waals surface area contributed by atoms with E-state index >= 15 is 0 Å². The zero-order valence-corrected chi connectivity index (χ0v) is 19.0. The van der Waals surface area contributed by atoms with Gasteiger partial charge in [-0.3, -0.25) is 25.8 Å². The van der Waals surface area contributed by atoms with Gasteiger partial charge in [0, 0.05) is 5.69 Å². The lowest BCUT2D eigenvalue weighted by Gasteiger charge is -2.12. The van der Waals surface area contributed by atoms with E-state index in [1.165, 1.54) is 18.2 Å². The first-order valence-corrected chi connectivity index (χ1v) is 10.5. The molecule has 34 heavy (non-hydrogen) atoms. The number of rotatable bonds is 9. The Kier molecular flexibility index (Phi) is 7.93. The molecule has 1 amide bonds. The van der Waals surface area contributed by atoms with Gasteiger partial charge in [0.1, 0.15) is 6.33 Å². The number of anilines is 3. The molecule has 0 unspecified atom stereocenters. The SMILES string of the molecule is CC(C)COC(=O)c1ccc(Nc2ncnc(NNC(=O)c3ccccc3Cl)c2[N+](=O)[O-])cc1. The smallest absolute Gasteiger partial charge is 0.355 e. The van der Waals surface area contributed by atoms with E-state index in [0.29, 0.717) is 17.9 Å². The normalized spacial score (nSPS) is 10.5. The molecule has 1 aromatic heterocycles. The van der Waals surface area contributed by atoms with Crippen LogP contribution in [0.4, 0.5) is 23.0 Å². The van der Waals surface area contributed by atoms with Crippen molar-refractivity contribution in [3.05, 3.63) is 81.1 Å². The van der Waals surface area contributed by atoms with Crippen LogP contribution < -0.4 is 16.2 Å². The molecule has 0 saturated heterocycles. The molecule has 0 aliphatic rings. The van der Waals surface area contributed by atoms with Gasteiger partial charge in [-0.1, -0.05) is 37.6 Å². The average Bonchev–Trinajstić information content (AvgIpc) is 2.81. The number of hydrazine groups is 1. The van der Waals surface area contributed by atoms with Gasteiger partial charge in [0.15, 0.2) is 0 Å². The molecule has 11 nitrogen and oxygen atoms in total. The van der Waals surface area contributed by atoms with Crippen LogP contribution in [0.1, 0.15) is 34.6 Å². The molecule has 176 valence electrons. The first-order valence-electron chi connectivity index (χ1n) is 10.1. The summed E-state index contributed by atoms with van der Waals surface area (Å²) in [6.45, 7) is 4.16. The lowest BCUT2D eigenvalue weighted by Crippen LogP contribution is -2.30. The molecule has 3 N–H and O–H groups in total. The summed E-state index contributed by atoms with van der Waals surface area (Å²) in [6, 6.07) is 12.5. The van der Waals surface area contributed by atoms with Gasteiger partial charge in [-0.2, -0.15) is 0 Å². The second-order valence-corrected chi connectivity index (χ2v) is 7.84.